The molecule has 2 heterocycles. The number of amidine groups is 1. The maximum atomic E-state index is 10.1. The van der Waals surface area contributed by atoms with Crippen LogP contribution in [-0.2, 0) is 0 Å². The molecule has 2 aromatic rings. The molecule has 0 amide bonds. The minimum atomic E-state index is -0.278. The summed E-state index contributed by atoms with van der Waals surface area (Å²) < 4.78 is 0. The third kappa shape index (κ3) is 2.30. The van der Waals surface area contributed by atoms with Crippen LogP contribution in [0, 0.1) is 0 Å². The highest BCUT2D eigenvalue weighted by molar-refractivity contribution is 5.99. The second-order valence-electron chi connectivity index (χ2n) is 5.13. The lowest BCUT2D eigenvalue weighted by atomic mass is 10.1. The number of benzene rings is 2. The molecule has 0 radical (unpaired) electrons. The number of azo groups is 1. The van der Waals surface area contributed by atoms with Gasteiger partial charge in [0, 0.05) is 5.39 Å². The van der Waals surface area contributed by atoms with Crippen LogP contribution < -0.4 is 5.32 Å². The number of aliphatic imine (C=N–C) groups is 3. The van der Waals surface area contributed by atoms with Gasteiger partial charge in [0.1, 0.15) is 29.6 Å². The molecule has 2 atom stereocenters. The van der Waals surface area contributed by atoms with E-state index in [2.05, 4.69) is 30.5 Å². The van der Waals surface area contributed by atoms with Crippen LogP contribution in [0.5, 0.6) is 11.5 Å². The molecule has 4 rings (SSSR count). The standard InChI is InChI=1S/C15H12N6O2/c22-9-2-3-10-8(5-9)1-4-11(23)12(10)20-21-15-13-14(17-6-16-13)18-7-19-15/h1-7,13-14,22-23H,(H,16,17). The third-order valence-corrected chi connectivity index (χ3v) is 3.67. The van der Waals surface area contributed by atoms with E-state index in [1.54, 1.807) is 24.5 Å². The second-order valence-corrected chi connectivity index (χ2v) is 5.13. The van der Waals surface area contributed by atoms with E-state index >= 15 is 0 Å². The van der Waals surface area contributed by atoms with Crippen molar-refractivity contribution in [1.82, 2.24) is 5.32 Å². The first-order chi connectivity index (χ1) is 11.2. The molecule has 23 heavy (non-hydrogen) atoms. The summed E-state index contributed by atoms with van der Waals surface area (Å²) in [6.07, 6.45) is 2.70. The van der Waals surface area contributed by atoms with Crippen LogP contribution in [0.15, 0.2) is 55.5 Å². The topological polar surface area (TPSA) is 114 Å². The fourth-order valence-corrected chi connectivity index (χ4v) is 2.53. The Hall–Kier alpha value is -3.29. The maximum Gasteiger partial charge on any atom is 0.179 e. The van der Waals surface area contributed by atoms with E-state index in [-0.39, 0.29) is 23.7 Å². The first-order valence-electron chi connectivity index (χ1n) is 6.96. The van der Waals surface area contributed by atoms with Gasteiger partial charge in [-0.25, -0.2) is 15.0 Å². The van der Waals surface area contributed by atoms with E-state index in [4.69, 9.17) is 0 Å². The lowest BCUT2D eigenvalue weighted by molar-refractivity contribution is 0.474. The highest BCUT2D eigenvalue weighted by Crippen LogP contribution is 2.36. The summed E-state index contributed by atoms with van der Waals surface area (Å²) in [5, 5.41) is 32.4. The summed E-state index contributed by atoms with van der Waals surface area (Å²) >= 11 is 0. The van der Waals surface area contributed by atoms with E-state index < -0.39 is 0 Å². The molecular weight excluding hydrogens is 296 g/mol. The number of rotatable bonds is 1. The van der Waals surface area contributed by atoms with Crippen molar-refractivity contribution >= 4 is 35.0 Å². The molecule has 2 aliphatic heterocycles. The summed E-state index contributed by atoms with van der Waals surface area (Å²) in [6.45, 7) is 0. The molecule has 2 aromatic carbocycles. The predicted octanol–water partition coefficient (Wildman–Crippen LogP) is 2.10. The van der Waals surface area contributed by atoms with Crippen molar-refractivity contribution in [3.8, 4) is 11.5 Å². The Kier molecular flexibility index (Phi) is 3.00. The molecule has 3 N–H and O–H groups in total. The largest absolute Gasteiger partial charge is 0.508 e. The number of hydrogen-bond donors (Lipinski definition) is 3. The lowest BCUT2D eigenvalue weighted by Crippen LogP contribution is -2.39. The Balaban J connectivity index is 1.74. The van der Waals surface area contributed by atoms with Crippen LogP contribution in [0.3, 0.4) is 0 Å². The smallest absolute Gasteiger partial charge is 0.179 e. The zero-order valence-corrected chi connectivity index (χ0v) is 11.8. The molecule has 2 unspecified atom stereocenters. The Bertz CT molecular complexity index is 902. The molecule has 0 aliphatic carbocycles. The summed E-state index contributed by atoms with van der Waals surface area (Å²) in [5.41, 5.74) is 0.322. The zero-order valence-electron chi connectivity index (χ0n) is 11.8. The Morgan fingerprint density at radius 2 is 1.96 bits per heavy atom. The van der Waals surface area contributed by atoms with Gasteiger partial charge in [-0.1, -0.05) is 6.07 Å². The summed E-state index contributed by atoms with van der Waals surface area (Å²) in [5.74, 6) is 0.593. The molecule has 114 valence electrons. The normalized spacial score (nSPS) is 22.3. The van der Waals surface area contributed by atoms with Gasteiger partial charge in [-0.3, -0.25) is 0 Å². The summed E-state index contributed by atoms with van der Waals surface area (Å²) in [6, 6.07) is 7.79. The van der Waals surface area contributed by atoms with Gasteiger partial charge in [0.25, 0.3) is 0 Å². The quantitative estimate of drug-likeness (QED) is 0.701. The van der Waals surface area contributed by atoms with E-state index in [1.807, 2.05) is 0 Å². The third-order valence-electron chi connectivity index (χ3n) is 3.67. The first kappa shape index (κ1) is 13.4. The van der Waals surface area contributed by atoms with Crippen molar-refractivity contribution in [3.63, 3.8) is 0 Å². The zero-order chi connectivity index (χ0) is 15.8. The van der Waals surface area contributed by atoms with Crippen LogP contribution in [-0.4, -0.2) is 40.9 Å². The van der Waals surface area contributed by atoms with E-state index in [9.17, 15) is 10.2 Å². The van der Waals surface area contributed by atoms with Gasteiger partial charge in [0.05, 0.1) is 6.34 Å². The van der Waals surface area contributed by atoms with Gasteiger partial charge in [-0.05, 0) is 29.7 Å². The van der Waals surface area contributed by atoms with Crippen molar-refractivity contribution in [2.45, 2.75) is 12.2 Å². The molecule has 8 heteroatoms. The molecular formula is C15H12N6O2. The van der Waals surface area contributed by atoms with Crippen molar-refractivity contribution in [1.29, 1.82) is 0 Å². The summed E-state index contributed by atoms with van der Waals surface area (Å²) in [4.78, 5) is 12.4. The number of phenols is 2. The Labute approximate surface area is 130 Å². The number of fused-ring (bicyclic) bond motifs is 2. The molecule has 2 aliphatic rings. The van der Waals surface area contributed by atoms with Gasteiger partial charge < -0.3 is 15.5 Å². The highest BCUT2D eigenvalue weighted by Gasteiger charge is 2.30. The van der Waals surface area contributed by atoms with Gasteiger partial charge in [0.2, 0.25) is 0 Å². The molecule has 0 saturated carbocycles. The molecule has 0 saturated heterocycles. The highest BCUT2D eigenvalue weighted by atomic mass is 16.3. The average molecular weight is 308 g/mol. The van der Waals surface area contributed by atoms with Crippen LogP contribution in [0.4, 0.5) is 5.69 Å². The summed E-state index contributed by atoms with van der Waals surface area (Å²) in [7, 11) is 0. The first-order valence-corrected chi connectivity index (χ1v) is 6.96. The number of phenolic OH excluding ortho intramolecular Hbond substituents is 2. The number of nitrogens with zero attached hydrogens (tertiary/aromatic N) is 5. The molecule has 0 fully saturated rings. The van der Waals surface area contributed by atoms with E-state index in [1.165, 1.54) is 18.5 Å². The van der Waals surface area contributed by atoms with Crippen molar-refractivity contribution in [2.24, 2.45) is 25.2 Å². The second kappa shape index (κ2) is 5.16. The number of aromatic hydroxyl groups is 2. The molecule has 0 aromatic heterocycles. The fourth-order valence-electron chi connectivity index (χ4n) is 2.53. The van der Waals surface area contributed by atoms with E-state index in [0.29, 0.717) is 16.9 Å². The van der Waals surface area contributed by atoms with Gasteiger partial charge in [-0.15, -0.1) is 10.2 Å². The monoisotopic (exact) mass is 308 g/mol. The Morgan fingerprint density at radius 3 is 2.87 bits per heavy atom. The van der Waals surface area contributed by atoms with Crippen LogP contribution >= 0.6 is 0 Å². The lowest BCUT2D eigenvalue weighted by Gasteiger charge is -2.16. The minimum Gasteiger partial charge on any atom is -0.508 e. The van der Waals surface area contributed by atoms with Crippen molar-refractivity contribution in [2.75, 3.05) is 0 Å². The van der Waals surface area contributed by atoms with Crippen LogP contribution in [0.2, 0.25) is 0 Å². The maximum absolute atomic E-state index is 10.1. The van der Waals surface area contributed by atoms with Gasteiger partial charge >= 0.3 is 0 Å². The molecule has 0 bridgehead atoms. The average Bonchev–Trinajstić information content (AvgIpc) is 3.03. The van der Waals surface area contributed by atoms with E-state index in [0.717, 1.165) is 5.39 Å². The van der Waals surface area contributed by atoms with Crippen LogP contribution in [0.25, 0.3) is 10.8 Å². The number of hydrogen-bond acceptors (Lipinski definition) is 8. The molecule has 0 spiro atoms. The number of nitrogens with one attached hydrogen (secondary N) is 1. The Morgan fingerprint density at radius 1 is 1.04 bits per heavy atom. The minimum absolute atomic E-state index is 0.00389. The molecule has 8 nitrogen and oxygen atoms in total. The SMILES string of the molecule is Oc1ccc2c(N=NC3=NC=NC4N=CNC34)c(O)ccc2c1. The van der Waals surface area contributed by atoms with Crippen molar-refractivity contribution < 1.29 is 10.2 Å². The predicted molar refractivity (Wildman–Crippen MR) is 86.9 cm³/mol. The van der Waals surface area contributed by atoms with Crippen molar-refractivity contribution in [3.05, 3.63) is 30.3 Å². The van der Waals surface area contributed by atoms with Crippen LogP contribution in [0.1, 0.15) is 0 Å². The van der Waals surface area contributed by atoms with Gasteiger partial charge in [0.15, 0.2) is 12.0 Å². The van der Waals surface area contributed by atoms with Gasteiger partial charge in [-0.2, -0.15) is 0 Å². The fraction of sp³-hybridized carbons (Fsp3) is 0.133.